The Labute approximate surface area is 170 Å². The molecule has 0 radical (unpaired) electrons. The number of rotatable bonds is 6. The van der Waals surface area contributed by atoms with Crippen LogP contribution in [0, 0.1) is 0 Å². The molecule has 1 saturated heterocycles. The van der Waals surface area contributed by atoms with Crippen LogP contribution in [0.5, 0.6) is 5.75 Å². The van der Waals surface area contributed by atoms with Gasteiger partial charge in [-0.1, -0.05) is 17.7 Å². The van der Waals surface area contributed by atoms with E-state index in [2.05, 4.69) is 10.2 Å². The fraction of sp³-hybridized carbons (Fsp3) is 0.333. The highest BCUT2D eigenvalue weighted by Gasteiger charge is 2.21. The fourth-order valence-corrected chi connectivity index (χ4v) is 3.29. The third-order valence-corrected chi connectivity index (χ3v) is 5.03. The fourth-order valence-electron chi connectivity index (χ4n) is 3.17. The largest absolute Gasteiger partial charge is 0.497 e. The first-order valence-corrected chi connectivity index (χ1v) is 9.65. The molecule has 3 rings (SSSR count). The predicted molar refractivity (Wildman–Crippen MR) is 110 cm³/mol. The summed E-state index contributed by atoms with van der Waals surface area (Å²) in [5.41, 5.74) is 1.63. The third-order valence-electron chi connectivity index (χ3n) is 4.78. The van der Waals surface area contributed by atoms with Gasteiger partial charge in [0.25, 0.3) is 5.91 Å². The molecule has 0 atom stereocenters. The van der Waals surface area contributed by atoms with Crippen molar-refractivity contribution in [3.8, 4) is 5.75 Å². The van der Waals surface area contributed by atoms with Crippen LogP contribution in [-0.4, -0.2) is 56.5 Å². The standard InChI is InChI=1S/C21H24ClN3O3/c1-28-19-4-2-3-18(15-19)24-11-13-25(14-12-24)20(26)9-10-23-21(27)16-5-7-17(22)8-6-16/h2-8,15H,9-14H2,1H3,(H,23,27). The van der Waals surface area contributed by atoms with Crippen LogP contribution >= 0.6 is 11.6 Å². The minimum Gasteiger partial charge on any atom is -0.497 e. The molecule has 0 spiro atoms. The van der Waals surface area contributed by atoms with E-state index in [1.165, 1.54) is 0 Å². The van der Waals surface area contributed by atoms with Crippen molar-refractivity contribution in [1.82, 2.24) is 10.2 Å². The number of ether oxygens (including phenoxy) is 1. The molecular weight excluding hydrogens is 378 g/mol. The van der Waals surface area contributed by atoms with Gasteiger partial charge in [0.15, 0.2) is 0 Å². The van der Waals surface area contributed by atoms with Gasteiger partial charge in [0.2, 0.25) is 5.91 Å². The van der Waals surface area contributed by atoms with Gasteiger partial charge >= 0.3 is 0 Å². The maximum absolute atomic E-state index is 12.4. The average Bonchev–Trinajstić information content (AvgIpc) is 2.74. The van der Waals surface area contributed by atoms with Crippen molar-refractivity contribution >= 4 is 29.1 Å². The number of halogens is 1. The maximum Gasteiger partial charge on any atom is 0.251 e. The lowest BCUT2D eigenvalue weighted by atomic mass is 10.2. The van der Waals surface area contributed by atoms with Crippen molar-refractivity contribution in [2.75, 3.05) is 44.7 Å². The molecule has 2 aromatic carbocycles. The van der Waals surface area contributed by atoms with E-state index in [0.29, 0.717) is 36.6 Å². The topological polar surface area (TPSA) is 61.9 Å². The summed E-state index contributed by atoms with van der Waals surface area (Å²) in [6.45, 7) is 3.20. The zero-order valence-corrected chi connectivity index (χ0v) is 16.6. The monoisotopic (exact) mass is 401 g/mol. The third kappa shape index (κ3) is 5.16. The number of benzene rings is 2. The van der Waals surface area contributed by atoms with Gasteiger partial charge in [-0.25, -0.2) is 0 Å². The number of carbonyl (C=O) groups is 2. The predicted octanol–water partition coefficient (Wildman–Crippen LogP) is 2.82. The molecule has 6 nitrogen and oxygen atoms in total. The Bertz CT molecular complexity index is 818. The van der Waals surface area contributed by atoms with Crippen molar-refractivity contribution in [3.63, 3.8) is 0 Å². The Hall–Kier alpha value is -2.73. The summed E-state index contributed by atoms with van der Waals surface area (Å²) < 4.78 is 5.27. The second-order valence-corrected chi connectivity index (χ2v) is 7.02. The summed E-state index contributed by atoms with van der Waals surface area (Å²) in [5.74, 6) is 0.682. The van der Waals surface area contributed by atoms with Gasteiger partial charge in [-0.2, -0.15) is 0 Å². The van der Waals surface area contributed by atoms with E-state index in [4.69, 9.17) is 16.3 Å². The van der Waals surface area contributed by atoms with Crippen LogP contribution in [0.25, 0.3) is 0 Å². The minimum atomic E-state index is -0.202. The Morgan fingerprint density at radius 1 is 1.07 bits per heavy atom. The molecule has 7 heteroatoms. The molecule has 1 fully saturated rings. The van der Waals surface area contributed by atoms with Crippen molar-refractivity contribution in [2.24, 2.45) is 0 Å². The molecule has 2 aromatic rings. The summed E-state index contributed by atoms with van der Waals surface area (Å²) in [7, 11) is 1.65. The van der Waals surface area contributed by atoms with Crippen molar-refractivity contribution < 1.29 is 14.3 Å². The maximum atomic E-state index is 12.4. The van der Waals surface area contributed by atoms with Crippen LogP contribution in [-0.2, 0) is 4.79 Å². The number of piperazine rings is 1. The van der Waals surface area contributed by atoms with Crippen LogP contribution < -0.4 is 15.0 Å². The lowest BCUT2D eigenvalue weighted by Gasteiger charge is -2.36. The first kappa shape index (κ1) is 20.0. The van der Waals surface area contributed by atoms with E-state index in [1.807, 2.05) is 29.2 Å². The molecule has 1 heterocycles. The number of nitrogens with zero attached hydrogens (tertiary/aromatic N) is 2. The van der Waals surface area contributed by atoms with Crippen LogP contribution in [0.3, 0.4) is 0 Å². The summed E-state index contributed by atoms with van der Waals surface area (Å²) in [5, 5.41) is 3.37. The van der Waals surface area contributed by atoms with Gasteiger partial charge in [-0.3, -0.25) is 9.59 Å². The molecule has 1 aliphatic rings. The van der Waals surface area contributed by atoms with Crippen LogP contribution in [0.15, 0.2) is 48.5 Å². The molecule has 28 heavy (non-hydrogen) atoms. The highest BCUT2D eigenvalue weighted by molar-refractivity contribution is 6.30. The molecule has 1 aliphatic heterocycles. The molecule has 0 aromatic heterocycles. The Morgan fingerprint density at radius 2 is 1.79 bits per heavy atom. The smallest absolute Gasteiger partial charge is 0.251 e. The van der Waals surface area contributed by atoms with Gasteiger partial charge in [0.1, 0.15) is 5.75 Å². The second-order valence-electron chi connectivity index (χ2n) is 6.58. The van der Waals surface area contributed by atoms with E-state index in [0.717, 1.165) is 24.5 Å². The van der Waals surface area contributed by atoms with Gasteiger partial charge in [0.05, 0.1) is 7.11 Å². The molecule has 0 bridgehead atoms. The van der Waals surface area contributed by atoms with Crippen molar-refractivity contribution in [2.45, 2.75) is 6.42 Å². The molecule has 2 amide bonds. The molecule has 0 aliphatic carbocycles. The summed E-state index contributed by atoms with van der Waals surface area (Å²) in [6.07, 6.45) is 0.290. The van der Waals surface area contributed by atoms with Crippen LogP contribution in [0.1, 0.15) is 16.8 Å². The average molecular weight is 402 g/mol. The molecular formula is C21H24ClN3O3. The van der Waals surface area contributed by atoms with Crippen LogP contribution in [0.2, 0.25) is 5.02 Å². The van der Waals surface area contributed by atoms with Gasteiger partial charge in [0, 0.05) is 61.5 Å². The quantitative estimate of drug-likeness (QED) is 0.808. The Kier molecular flexibility index (Phi) is 6.76. The molecule has 0 saturated carbocycles. The number of hydrogen-bond acceptors (Lipinski definition) is 4. The molecule has 1 N–H and O–H groups in total. The summed E-state index contributed by atoms with van der Waals surface area (Å²) >= 11 is 5.82. The number of hydrogen-bond donors (Lipinski definition) is 1. The number of nitrogens with one attached hydrogen (secondary N) is 1. The van der Waals surface area contributed by atoms with E-state index in [9.17, 15) is 9.59 Å². The normalized spacial score (nSPS) is 13.9. The first-order chi connectivity index (χ1) is 13.6. The van der Waals surface area contributed by atoms with E-state index >= 15 is 0 Å². The van der Waals surface area contributed by atoms with Gasteiger partial charge < -0.3 is 19.9 Å². The zero-order valence-electron chi connectivity index (χ0n) is 15.9. The van der Waals surface area contributed by atoms with Gasteiger partial charge in [-0.05, 0) is 36.4 Å². The SMILES string of the molecule is COc1cccc(N2CCN(C(=O)CCNC(=O)c3ccc(Cl)cc3)CC2)c1. The Morgan fingerprint density at radius 3 is 2.46 bits per heavy atom. The highest BCUT2D eigenvalue weighted by atomic mass is 35.5. The number of methoxy groups -OCH3 is 1. The number of anilines is 1. The van der Waals surface area contributed by atoms with E-state index in [-0.39, 0.29) is 11.8 Å². The zero-order chi connectivity index (χ0) is 19.9. The van der Waals surface area contributed by atoms with Gasteiger partial charge in [-0.15, -0.1) is 0 Å². The van der Waals surface area contributed by atoms with Crippen molar-refractivity contribution in [3.05, 3.63) is 59.1 Å². The lowest BCUT2D eigenvalue weighted by Crippen LogP contribution is -2.49. The summed E-state index contributed by atoms with van der Waals surface area (Å²) in [4.78, 5) is 28.6. The van der Waals surface area contributed by atoms with Crippen molar-refractivity contribution in [1.29, 1.82) is 0 Å². The Balaban J connectivity index is 1.42. The second kappa shape index (κ2) is 9.46. The molecule has 0 unspecified atom stereocenters. The van der Waals surface area contributed by atoms with E-state index in [1.54, 1.807) is 31.4 Å². The molecule has 148 valence electrons. The first-order valence-electron chi connectivity index (χ1n) is 9.27. The number of carbonyl (C=O) groups excluding carboxylic acids is 2. The van der Waals surface area contributed by atoms with Crippen LogP contribution in [0.4, 0.5) is 5.69 Å². The summed E-state index contributed by atoms with van der Waals surface area (Å²) in [6, 6.07) is 14.6. The lowest BCUT2D eigenvalue weighted by molar-refractivity contribution is -0.131. The minimum absolute atomic E-state index is 0.0571. The number of amides is 2. The van der Waals surface area contributed by atoms with E-state index < -0.39 is 0 Å². The highest BCUT2D eigenvalue weighted by Crippen LogP contribution is 2.22.